The fraction of sp³-hybridized carbons (Fsp3) is 0.241. The molecule has 3 N–H and O–H groups in total. The molecule has 8 nitrogen and oxygen atoms in total. The normalized spacial score (nSPS) is 13.0. The van der Waals surface area contributed by atoms with Crippen molar-refractivity contribution in [1.29, 1.82) is 0 Å². The number of amides is 3. The van der Waals surface area contributed by atoms with Crippen molar-refractivity contribution in [3.63, 3.8) is 0 Å². The first-order valence-corrected chi connectivity index (χ1v) is 12.3. The largest absolute Gasteiger partial charge is 0.454 e. The van der Waals surface area contributed by atoms with Gasteiger partial charge < -0.3 is 20.7 Å². The predicted molar refractivity (Wildman–Crippen MR) is 140 cm³/mol. The van der Waals surface area contributed by atoms with Gasteiger partial charge in [-0.25, -0.2) is 0 Å². The van der Waals surface area contributed by atoms with Crippen LogP contribution in [0.15, 0.2) is 78.9 Å². The van der Waals surface area contributed by atoms with Crippen LogP contribution in [0.3, 0.4) is 0 Å². The number of ether oxygens (including phenoxy) is 1. The summed E-state index contributed by atoms with van der Waals surface area (Å²) in [5.74, 6) is -2.02. The first kappa shape index (κ1) is 25.6. The molecule has 8 heteroatoms. The van der Waals surface area contributed by atoms with Crippen LogP contribution in [0.1, 0.15) is 46.4 Å². The molecule has 0 bridgehead atoms. The number of benzene rings is 3. The van der Waals surface area contributed by atoms with E-state index in [2.05, 4.69) is 16.0 Å². The van der Waals surface area contributed by atoms with Crippen LogP contribution in [-0.2, 0) is 14.3 Å². The zero-order valence-electron chi connectivity index (χ0n) is 20.4. The summed E-state index contributed by atoms with van der Waals surface area (Å²) in [5, 5.41) is 8.10. The van der Waals surface area contributed by atoms with Gasteiger partial charge in [0.05, 0.1) is 11.3 Å². The second kappa shape index (κ2) is 12.5. The van der Waals surface area contributed by atoms with E-state index < -0.39 is 24.4 Å². The zero-order valence-corrected chi connectivity index (χ0v) is 20.4. The number of rotatable bonds is 9. The highest BCUT2D eigenvalue weighted by molar-refractivity contribution is 6.04. The van der Waals surface area contributed by atoms with Crippen molar-refractivity contribution in [2.24, 2.45) is 0 Å². The smallest absolute Gasteiger partial charge is 0.325 e. The molecule has 37 heavy (non-hydrogen) atoms. The van der Waals surface area contributed by atoms with E-state index in [-0.39, 0.29) is 18.5 Å². The van der Waals surface area contributed by atoms with Crippen molar-refractivity contribution in [3.05, 3.63) is 90.0 Å². The molecule has 0 atom stereocenters. The molecule has 0 radical (unpaired) electrons. The number of hydrogen-bond acceptors (Lipinski definition) is 5. The molecule has 0 unspecified atom stereocenters. The van der Waals surface area contributed by atoms with Crippen LogP contribution in [0.4, 0.5) is 5.69 Å². The van der Waals surface area contributed by atoms with Crippen molar-refractivity contribution in [2.75, 3.05) is 18.5 Å². The standard InChI is InChI=1S/C29H29N3O5/c33-26(32-25-13-7-6-12-24(25)29(36)31-23-10-4-5-11-23)19-37-27(34)18-30-28(35)22-16-14-21(15-17-22)20-8-2-1-3-9-20/h1-3,6-9,12-17,23H,4-5,10-11,18-19H2,(H,30,35)(H,31,36)(H,32,33). The molecule has 0 aromatic heterocycles. The Balaban J connectivity index is 1.22. The SMILES string of the molecule is O=C(COC(=O)CNC(=O)c1ccc(-c2ccccc2)cc1)Nc1ccccc1C(=O)NC1CCCC1. The summed E-state index contributed by atoms with van der Waals surface area (Å²) in [6.45, 7) is -0.925. The molecule has 1 aliphatic rings. The molecule has 190 valence electrons. The van der Waals surface area contributed by atoms with Crippen LogP contribution in [0, 0.1) is 0 Å². The molecule has 0 heterocycles. The Morgan fingerprint density at radius 2 is 1.41 bits per heavy atom. The maximum absolute atomic E-state index is 12.6. The van der Waals surface area contributed by atoms with E-state index in [0.717, 1.165) is 36.8 Å². The van der Waals surface area contributed by atoms with Crippen molar-refractivity contribution < 1.29 is 23.9 Å². The van der Waals surface area contributed by atoms with E-state index in [1.165, 1.54) is 0 Å². The minimum absolute atomic E-state index is 0.147. The fourth-order valence-electron chi connectivity index (χ4n) is 4.21. The molecule has 1 aliphatic carbocycles. The fourth-order valence-corrected chi connectivity index (χ4v) is 4.21. The second-order valence-corrected chi connectivity index (χ2v) is 8.84. The number of hydrogen-bond donors (Lipinski definition) is 3. The van der Waals surface area contributed by atoms with Crippen molar-refractivity contribution in [2.45, 2.75) is 31.7 Å². The summed E-state index contributed by atoms with van der Waals surface area (Å²) in [6.07, 6.45) is 4.09. The first-order chi connectivity index (χ1) is 18.0. The number of para-hydroxylation sites is 1. The highest BCUT2D eigenvalue weighted by Gasteiger charge is 2.20. The van der Waals surface area contributed by atoms with E-state index in [1.807, 2.05) is 42.5 Å². The quantitative estimate of drug-likeness (QED) is 0.386. The Morgan fingerprint density at radius 3 is 2.14 bits per heavy atom. The molecular formula is C29H29N3O5. The van der Waals surface area contributed by atoms with Crippen LogP contribution in [0.5, 0.6) is 0 Å². The van der Waals surface area contributed by atoms with E-state index >= 15 is 0 Å². The molecule has 0 spiro atoms. The number of nitrogens with one attached hydrogen (secondary N) is 3. The third-order valence-electron chi connectivity index (χ3n) is 6.15. The number of carbonyl (C=O) groups excluding carboxylic acids is 4. The van der Waals surface area contributed by atoms with Gasteiger partial charge in [-0.3, -0.25) is 19.2 Å². The van der Waals surface area contributed by atoms with Gasteiger partial charge in [0.1, 0.15) is 6.54 Å². The maximum atomic E-state index is 12.6. The molecule has 1 saturated carbocycles. The second-order valence-electron chi connectivity index (χ2n) is 8.84. The van der Waals surface area contributed by atoms with Crippen LogP contribution < -0.4 is 16.0 Å². The summed E-state index contributed by atoms with van der Waals surface area (Å²) >= 11 is 0. The topological polar surface area (TPSA) is 114 Å². The number of anilines is 1. The first-order valence-electron chi connectivity index (χ1n) is 12.3. The maximum Gasteiger partial charge on any atom is 0.325 e. The Bertz CT molecular complexity index is 1250. The lowest BCUT2D eigenvalue weighted by molar-refractivity contribution is -0.146. The van der Waals surface area contributed by atoms with Gasteiger partial charge in [-0.2, -0.15) is 0 Å². The summed E-state index contributed by atoms with van der Waals surface area (Å²) in [7, 11) is 0. The zero-order chi connectivity index (χ0) is 26.0. The van der Waals surface area contributed by atoms with Crippen molar-refractivity contribution >= 4 is 29.4 Å². The number of esters is 1. The van der Waals surface area contributed by atoms with Gasteiger partial charge in [-0.05, 0) is 48.2 Å². The van der Waals surface area contributed by atoms with Gasteiger partial charge in [-0.1, -0.05) is 67.4 Å². The van der Waals surface area contributed by atoms with Crippen LogP contribution >= 0.6 is 0 Å². The van der Waals surface area contributed by atoms with Gasteiger partial charge in [0, 0.05) is 11.6 Å². The van der Waals surface area contributed by atoms with Crippen molar-refractivity contribution in [3.8, 4) is 11.1 Å². The Morgan fingerprint density at radius 1 is 0.757 bits per heavy atom. The van der Waals surface area contributed by atoms with Crippen molar-refractivity contribution in [1.82, 2.24) is 10.6 Å². The highest BCUT2D eigenvalue weighted by atomic mass is 16.5. The van der Waals surface area contributed by atoms with Gasteiger partial charge >= 0.3 is 5.97 Å². The molecule has 3 aromatic carbocycles. The summed E-state index contributed by atoms with van der Waals surface area (Å²) in [4.78, 5) is 49.4. The van der Waals surface area contributed by atoms with E-state index in [4.69, 9.17) is 4.74 Å². The van der Waals surface area contributed by atoms with Gasteiger partial charge in [-0.15, -0.1) is 0 Å². The summed E-state index contributed by atoms with van der Waals surface area (Å²) < 4.78 is 4.98. The van der Waals surface area contributed by atoms with Crippen LogP contribution in [-0.4, -0.2) is 42.9 Å². The minimum atomic E-state index is -0.753. The monoisotopic (exact) mass is 499 g/mol. The molecule has 3 amide bonds. The van der Waals surface area contributed by atoms with E-state index in [1.54, 1.807) is 36.4 Å². The van der Waals surface area contributed by atoms with Crippen LogP contribution in [0.25, 0.3) is 11.1 Å². The molecule has 1 fully saturated rings. The van der Waals surface area contributed by atoms with E-state index in [0.29, 0.717) is 16.8 Å². The average Bonchev–Trinajstić information content (AvgIpc) is 3.44. The average molecular weight is 500 g/mol. The molecule has 0 saturated heterocycles. The Hall–Kier alpha value is -4.46. The lowest BCUT2D eigenvalue weighted by atomic mass is 10.0. The minimum Gasteiger partial charge on any atom is -0.454 e. The van der Waals surface area contributed by atoms with Gasteiger partial charge in [0.15, 0.2) is 6.61 Å². The third kappa shape index (κ3) is 7.27. The third-order valence-corrected chi connectivity index (χ3v) is 6.15. The van der Waals surface area contributed by atoms with E-state index in [9.17, 15) is 19.2 Å². The van der Waals surface area contributed by atoms with Gasteiger partial charge in [0.2, 0.25) is 0 Å². The molecule has 3 aromatic rings. The lowest BCUT2D eigenvalue weighted by Gasteiger charge is -2.15. The highest BCUT2D eigenvalue weighted by Crippen LogP contribution is 2.21. The number of carbonyl (C=O) groups is 4. The summed E-state index contributed by atoms with van der Waals surface area (Å²) in [5.41, 5.74) is 3.09. The van der Waals surface area contributed by atoms with Crippen LogP contribution in [0.2, 0.25) is 0 Å². The lowest BCUT2D eigenvalue weighted by Crippen LogP contribution is -2.34. The predicted octanol–water partition coefficient (Wildman–Crippen LogP) is 3.94. The molecule has 0 aliphatic heterocycles. The molecular weight excluding hydrogens is 470 g/mol. The molecule has 4 rings (SSSR count). The van der Waals surface area contributed by atoms with Gasteiger partial charge in [0.25, 0.3) is 17.7 Å². The Labute approximate surface area is 215 Å². The summed E-state index contributed by atoms with van der Waals surface area (Å²) in [6, 6.07) is 23.6. The Kier molecular flexibility index (Phi) is 8.65.